The van der Waals surface area contributed by atoms with Crippen molar-refractivity contribution < 1.29 is 8.83 Å². The molecule has 0 atom stereocenters. The highest BCUT2D eigenvalue weighted by Crippen LogP contribution is 2.15. The van der Waals surface area contributed by atoms with Gasteiger partial charge in [0.05, 0.1) is 11.3 Å². The highest BCUT2D eigenvalue weighted by atomic mass is 16.4. The molecule has 0 saturated heterocycles. The van der Waals surface area contributed by atoms with Gasteiger partial charge in [0.15, 0.2) is 0 Å². The molecule has 3 aromatic rings. The lowest BCUT2D eigenvalue weighted by Gasteiger charge is -2.03. The van der Waals surface area contributed by atoms with Gasteiger partial charge in [0, 0.05) is 18.5 Å². The minimum Gasteiger partial charge on any atom is -0.428 e. The largest absolute Gasteiger partial charge is 0.428 e. The van der Waals surface area contributed by atoms with Gasteiger partial charge in [-0.05, 0) is 25.1 Å². The van der Waals surface area contributed by atoms with E-state index in [9.17, 15) is 14.9 Å². The van der Waals surface area contributed by atoms with Gasteiger partial charge in [0.2, 0.25) is 0 Å². The molecule has 3 rings (SSSR count). The molecule has 0 aromatic carbocycles. The number of hydrogen-bond donors (Lipinski definition) is 1. The Labute approximate surface area is 135 Å². The first-order chi connectivity index (χ1) is 11.6. The molecule has 0 radical (unpaired) electrons. The number of aryl methyl sites for hydroxylation is 1. The van der Waals surface area contributed by atoms with Crippen LogP contribution >= 0.6 is 0 Å². The number of nitrogens with zero attached hydrogens (tertiary/aromatic N) is 2. The first-order valence-electron chi connectivity index (χ1n) is 6.95. The molecular formula is C17H11N3O4. The molecule has 0 saturated carbocycles. The number of anilines is 1. The van der Waals surface area contributed by atoms with Crippen LogP contribution in [0.5, 0.6) is 0 Å². The predicted octanol–water partition coefficient (Wildman–Crippen LogP) is 2.43. The molecule has 0 aliphatic heterocycles. The standard InChI is InChI=1S/C17H11N3O4/c1-10-6-15-12(16(21)23-10)7-14(17(22)24-15)20-9-11(8-18)13-4-2-3-5-19-13/h2-7,9,20H,1H3/b11-9+. The number of fused-ring (bicyclic) bond motifs is 1. The molecule has 0 spiro atoms. The van der Waals surface area contributed by atoms with Crippen molar-refractivity contribution in [1.29, 1.82) is 5.26 Å². The Kier molecular flexibility index (Phi) is 3.95. The minimum atomic E-state index is -0.665. The molecule has 118 valence electrons. The van der Waals surface area contributed by atoms with E-state index in [4.69, 9.17) is 8.83 Å². The molecular weight excluding hydrogens is 310 g/mol. The number of nitrogens with one attached hydrogen (secondary N) is 1. The molecule has 0 unspecified atom stereocenters. The minimum absolute atomic E-state index is 0.0161. The normalized spacial score (nSPS) is 11.2. The summed E-state index contributed by atoms with van der Waals surface area (Å²) in [7, 11) is 0. The molecule has 7 nitrogen and oxygen atoms in total. The molecule has 0 aliphatic carbocycles. The number of hydrogen-bond acceptors (Lipinski definition) is 7. The summed E-state index contributed by atoms with van der Waals surface area (Å²) in [5, 5.41) is 12.0. The van der Waals surface area contributed by atoms with Crippen molar-refractivity contribution >= 4 is 22.2 Å². The monoisotopic (exact) mass is 321 g/mol. The molecule has 7 heteroatoms. The van der Waals surface area contributed by atoms with E-state index >= 15 is 0 Å². The van der Waals surface area contributed by atoms with Gasteiger partial charge >= 0.3 is 11.3 Å². The quantitative estimate of drug-likeness (QED) is 0.738. The molecule has 0 fully saturated rings. The van der Waals surface area contributed by atoms with Crippen LogP contribution in [-0.4, -0.2) is 4.98 Å². The Bertz CT molecular complexity index is 1090. The maximum absolute atomic E-state index is 12.0. The van der Waals surface area contributed by atoms with Gasteiger partial charge in [-0.3, -0.25) is 4.98 Å². The smallest absolute Gasteiger partial charge is 0.360 e. The fourth-order valence-corrected chi connectivity index (χ4v) is 2.10. The molecule has 0 amide bonds. The molecule has 0 bridgehead atoms. The predicted molar refractivity (Wildman–Crippen MR) is 87.2 cm³/mol. The second-order valence-electron chi connectivity index (χ2n) is 4.90. The zero-order chi connectivity index (χ0) is 17.1. The lowest BCUT2D eigenvalue weighted by atomic mass is 10.2. The third kappa shape index (κ3) is 2.94. The number of allylic oxidation sites excluding steroid dienone is 1. The average Bonchev–Trinajstić information content (AvgIpc) is 2.57. The van der Waals surface area contributed by atoms with E-state index in [1.54, 1.807) is 31.3 Å². The third-order valence-electron chi connectivity index (χ3n) is 3.22. The average molecular weight is 321 g/mol. The Morgan fingerprint density at radius 1 is 1.25 bits per heavy atom. The van der Waals surface area contributed by atoms with Crippen molar-refractivity contribution in [2.75, 3.05) is 5.32 Å². The summed E-state index contributed by atoms with van der Waals surface area (Å²) in [6.45, 7) is 1.59. The zero-order valence-electron chi connectivity index (χ0n) is 12.6. The van der Waals surface area contributed by atoms with Gasteiger partial charge in [-0.1, -0.05) is 6.07 Å². The van der Waals surface area contributed by atoms with E-state index in [-0.39, 0.29) is 22.2 Å². The summed E-state index contributed by atoms with van der Waals surface area (Å²) in [5.41, 5.74) is -0.428. The lowest BCUT2D eigenvalue weighted by Crippen LogP contribution is -2.10. The Hall–Kier alpha value is -3.66. The Morgan fingerprint density at radius 3 is 2.79 bits per heavy atom. The molecule has 0 aliphatic rings. The SMILES string of the molecule is Cc1cc2oc(=O)c(N/C=C(\C#N)c3ccccn3)cc2c(=O)o1. The molecule has 1 N–H and O–H groups in total. The van der Waals surface area contributed by atoms with E-state index < -0.39 is 11.3 Å². The summed E-state index contributed by atoms with van der Waals surface area (Å²) in [6, 6.07) is 9.91. The van der Waals surface area contributed by atoms with Crippen LogP contribution in [0, 0.1) is 18.3 Å². The summed E-state index contributed by atoms with van der Waals surface area (Å²) in [6.07, 6.45) is 2.88. The van der Waals surface area contributed by atoms with Crippen molar-refractivity contribution in [2.45, 2.75) is 6.92 Å². The van der Waals surface area contributed by atoms with Crippen LogP contribution in [0.2, 0.25) is 0 Å². The summed E-state index contributed by atoms with van der Waals surface area (Å²) >= 11 is 0. The van der Waals surface area contributed by atoms with Crippen LogP contribution in [0.4, 0.5) is 5.69 Å². The fraction of sp³-hybridized carbons (Fsp3) is 0.0588. The first kappa shape index (κ1) is 15.2. The zero-order valence-corrected chi connectivity index (χ0v) is 12.6. The van der Waals surface area contributed by atoms with Gasteiger partial charge in [-0.15, -0.1) is 0 Å². The van der Waals surface area contributed by atoms with Crippen molar-refractivity contribution in [1.82, 2.24) is 4.98 Å². The van der Waals surface area contributed by atoms with Crippen LogP contribution < -0.4 is 16.6 Å². The van der Waals surface area contributed by atoms with Crippen molar-refractivity contribution in [3.05, 3.63) is 75.0 Å². The second-order valence-corrected chi connectivity index (χ2v) is 4.90. The number of pyridine rings is 1. The summed E-state index contributed by atoms with van der Waals surface area (Å²) < 4.78 is 10.1. The molecule has 3 aromatic heterocycles. The van der Waals surface area contributed by atoms with Gasteiger partial charge in [-0.25, -0.2) is 9.59 Å². The maximum atomic E-state index is 12.0. The Morgan fingerprint density at radius 2 is 2.08 bits per heavy atom. The first-order valence-corrected chi connectivity index (χ1v) is 6.95. The van der Waals surface area contributed by atoms with E-state index in [2.05, 4.69) is 10.3 Å². The van der Waals surface area contributed by atoms with E-state index in [0.29, 0.717) is 11.5 Å². The van der Waals surface area contributed by atoms with Crippen molar-refractivity contribution in [3.8, 4) is 6.07 Å². The highest BCUT2D eigenvalue weighted by molar-refractivity contribution is 5.80. The van der Waals surface area contributed by atoms with E-state index in [0.717, 1.165) is 0 Å². The third-order valence-corrected chi connectivity index (χ3v) is 3.22. The van der Waals surface area contributed by atoms with Crippen LogP contribution in [0.25, 0.3) is 16.5 Å². The van der Waals surface area contributed by atoms with Gasteiger partial charge in [0.25, 0.3) is 0 Å². The Balaban J connectivity index is 2.03. The lowest BCUT2D eigenvalue weighted by molar-refractivity contribution is 0.479. The number of aromatic nitrogens is 1. The highest BCUT2D eigenvalue weighted by Gasteiger charge is 2.10. The van der Waals surface area contributed by atoms with Crippen LogP contribution in [0.1, 0.15) is 11.5 Å². The van der Waals surface area contributed by atoms with E-state index in [1.165, 1.54) is 18.3 Å². The summed E-state index contributed by atoms with van der Waals surface area (Å²) in [5.74, 6) is 0.346. The molecule has 24 heavy (non-hydrogen) atoms. The van der Waals surface area contributed by atoms with Crippen molar-refractivity contribution in [3.63, 3.8) is 0 Å². The van der Waals surface area contributed by atoms with E-state index in [1.807, 2.05) is 6.07 Å². The van der Waals surface area contributed by atoms with Gasteiger partial charge in [-0.2, -0.15) is 5.26 Å². The maximum Gasteiger partial charge on any atom is 0.360 e. The summed E-state index contributed by atoms with van der Waals surface area (Å²) in [4.78, 5) is 27.9. The van der Waals surface area contributed by atoms with Crippen LogP contribution in [0.3, 0.4) is 0 Å². The van der Waals surface area contributed by atoms with Crippen LogP contribution in [-0.2, 0) is 0 Å². The van der Waals surface area contributed by atoms with Gasteiger partial charge < -0.3 is 14.2 Å². The van der Waals surface area contributed by atoms with Crippen molar-refractivity contribution in [2.24, 2.45) is 0 Å². The molecule has 3 heterocycles. The topological polar surface area (TPSA) is 109 Å². The number of nitriles is 1. The van der Waals surface area contributed by atoms with Crippen LogP contribution in [0.15, 0.2) is 61.2 Å². The van der Waals surface area contributed by atoms with Gasteiger partial charge in [0.1, 0.15) is 28.5 Å². The number of rotatable bonds is 3. The second kappa shape index (κ2) is 6.22. The fourth-order valence-electron chi connectivity index (χ4n) is 2.10.